The Morgan fingerprint density at radius 1 is 1.00 bits per heavy atom. The first-order valence-electron chi connectivity index (χ1n) is 13.7. The van der Waals surface area contributed by atoms with E-state index in [0.717, 1.165) is 5.56 Å². The molecule has 1 N–H and O–H groups in total. The van der Waals surface area contributed by atoms with E-state index >= 15 is 0 Å². The van der Waals surface area contributed by atoms with E-state index in [-0.39, 0.29) is 35.4 Å². The fourth-order valence-corrected chi connectivity index (χ4v) is 5.07. The maximum Gasteiger partial charge on any atom is 0.417 e. The summed E-state index contributed by atoms with van der Waals surface area (Å²) < 4.78 is 51.6. The quantitative estimate of drug-likeness (QED) is 0.175. The van der Waals surface area contributed by atoms with Crippen LogP contribution in [-0.4, -0.2) is 30.0 Å². The summed E-state index contributed by atoms with van der Waals surface area (Å²) in [5, 5.41) is 2.63. The lowest BCUT2D eigenvalue weighted by Crippen LogP contribution is -2.41. The number of fused-ring (bicyclic) bond motifs is 1. The maximum absolute atomic E-state index is 13.5. The second kappa shape index (κ2) is 11.2. The molecule has 0 radical (unpaired) electrons. The molecule has 0 saturated carbocycles. The topological polar surface area (TPSA) is 88.9 Å². The molecule has 1 atom stereocenters. The molecule has 7 nitrogen and oxygen atoms in total. The van der Waals surface area contributed by atoms with Crippen LogP contribution in [0.4, 0.5) is 18.0 Å². The maximum atomic E-state index is 13.5. The van der Waals surface area contributed by atoms with Crippen LogP contribution in [0.3, 0.4) is 0 Å². The van der Waals surface area contributed by atoms with Gasteiger partial charge in [0.05, 0.1) is 12.2 Å². The molecule has 1 fully saturated rings. The van der Waals surface area contributed by atoms with Crippen LogP contribution in [0.15, 0.2) is 51.7 Å². The minimum Gasteiger partial charge on any atom is -0.493 e. The van der Waals surface area contributed by atoms with E-state index < -0.39 is 28.9 Å². The van der Waals surface area contributed by atoms with Crippen molar-refractivity contribution in [3.63, 3.8) is 0 Å². The zero-order valence-corrected chi connectivity index (χ0v) is 23.9. The summed E-state index contributed by atoms with van der Waals surface area (Å²) in [6, 6.07) is 10.4. The zero-order valence-electron chi connectivity index (χ0n) is 23.9. The first-order chi connectivity index (χ1) is 19.2. The highest BCUT2D eigenvalue weighted by atomic mass is 19.4. The summed E-state index contributed by atoms with van der Waals surface area (Å²) >= 11 is 0. The summed E-state index contributed by atoms with van der Waals surface area (Å²) in [4.78, 5) is 39.1. The van der Waals surface area contributed by atoms with Gasteiger partial charge in [0, 0.05) is 23.6 Å². The van der Waals surface area contributed by atoms with Gasteiger partial charge in [0.15, 0.2) is 0 Å². The van der Waals surface area contributed by atoms with Crippen molar-refractivity contribution >= 4 is 22.9 Å². The molecule has 3 amide bonds. The molecule has 2 heterocycles. The minimum absolute atomic E-state index is 0.0413. The van der Waals surface area contributed by atoms with Crippen LogP contribution in [0.1, 0.15) is 76.1 Å². The minimum atomic E-state index is -4.70. The number of unbranched alkanes of at least 4 members (excludes halogenated alkanes) is 1. The van der Waals surface area contributed by atoms with Crippen LogP contribution < -0.4 is 15.7 Å². The van der Waals surface area contributed by atoms with Gasteiger partial charge in [-0.15, -0.1) is 0 Å². The average molecular weight is 573 g/mol. The summed E-state index contributed by atoms with van der Waals surface area (Å²) in [5.41, 5.74) is -1.23. The first kappa shape index (κ1) is 30.1. The Morgan fingerprint density at radius 2 is 1.68 bits per heavy atom. The van der Waals surface area contributed by atoms with Gasteiger partial charge in [0.25, 0.3) is 5.91 Å². The van der Waals surface area contributed by atoms with Crippen molar-refractivity contribution in [1.29, 1.82) is 0 Å². The number of nitrogens with one attached hydrogen (secondary N) is 1. The number of carbonyl (C=O) groups is 2. The highest BCUT2D eigenvalue weighted by Crippen LogP contribution is 2.38. The van der Waals surface area contributed by atoms with Crippen molar-refractivity contribution in [3.05, 3.63) is 75.1 Å². The van der Waals surface area contributed by atoms with E-state index in [9.17, 15) is 27.6 Å². The van der Waals surface area contributed by atoms with Crippen molar-refractivity contribution in [1.82, 2.24) is 10.2 Å². The third-order valence-electron chi connectivity index (χ3n) is 7.41. The van der Waals surface area contributed by atoms with Crippen LogP contribution in [0.2, 0.25) is 0 Å². The number of nitrogens with zero attached hydrogens (tertiary/aromatic N) is 1. The number of hydrogen-bond acceptors (Lipinski definition) is 5. The van der Waals surface area contributed by atoms with Crippen molar-refractivity contribution in [2.75, 3.05) is 13.2 Å². The van der Waals surface area contributed by atoms with Gasteiger partial charge in [-0.1, -0.05) is 58.4 Å². The summed E-state index contributed by atoms with van der Waals surface area (Å²) in [7, 11) is 0. The van der Waals surface area contributed by atoms with Gasteiger partial charge in [0.2, 0.25) is 0 Å². The van der Waals surface area contributed by atoms with Gasteiger partial charge in [0.1, 0.15) is 16.9 Å². The first-order valence-corrected chi connectivity index (χ1v) is 13.7. The van der Waals surface area contributed by atoms with Crippen LogP contribution in [0.25, 0.3) is 11.0 Å². The number of benzene rings is 2. The summed E-state index contributed by atoms with van der Waals surface area (Å²) in [6.45, 7) is 10.2. The molecule has 1 unspecified atom stereocenters. The van der Waals surface area contributed by atoms with Crippen molar-refractivity contribution < 1.29 is 31.9 Å². The normalized spacial score (nSPS) is 17.8. The predicted molar refractivity (Wildman–Crippen MR) is 149 cm³/mol. The smallest absolute Gasteiger partial charge is 0.417 e. The number of urea groups is 1. The van der Waals surface area contributed by atoms with Gasteiger partial charge in [-0.05, 0) is 54.9 Å². The molecule has 1 saturated heterocycles. The molecule has 220 valence electrons. The molecule has 0 spiro atoms. The molecular weight excluding hydrogens is 537 g/mol. The third kappa shape index (κ3) is 6.11. The van der Waals surface area contributed by atoms with E-state index in [1.807, 2.05) is 31.2 Å². The Balaban J connectivity index is 1.41. The van der Waals surface area contributed by atoms with Gasteiger partial charge < -0.3 is 14.5 Å². The molecule has 10 heteroatoms. The molecule has 4 rings (SSSR count). The number of halogens is 3. The molecule has 41 heavy (non-hydrogen) atoms. The fourth-order valence-electron chi connectivity index (χ4n) is 5.07. The number of ether oxygens (including phenoxy) is 1. The lowest BCUT2D eigenvalue weighted by atomic mass is 9.84. The SMILES string of the molecule is CCCc1c(OCCCCN2C(=O)NC(C)(c3ccc(C(C)(C)C)cc3)C2=O)ccc2c(C(F)(F)F)cc(=O)oc12. The summed E-state index contributed by atoms with van der Waals surface area (Å²) in [6.07, 6.45) is -2.81. The third-order valence-corrected chi connectivity index (χ3v) is 7.41. The number of aryl methyl sites for hydroxylation is 1. The number of imide groups is 1. The Hall–Kier alpha value is -3.82. The Labute approximate surface area is 236 Å². The number of carbonyl (C=O) groups excluding carboxylic acids is 2. The van der Waals surface area contributed by atoms with Crippen LogP contribution in [-0.2, 0) is 28.3 Å². The van der Waals surface area contributed by atoms with E-state index in [2.05, 4.69) is 26.1 Å². The second-order valence-corrected chi connectivity index (χ2v) is 11.5. The number of rotatable bonds is 9. The molecule has 1 aliphatic heterocycles. The Bertz CT molecular complexity index is 1510. The fraction of sp³-hybridized carbons (Fsp3) is 0.452. The average Bonchev–Trinajstić information content (AvgIpc) is 3.11. The molecule has 1 aliphatic rings. The van der Waals surface area contributed by atoms with Gasteiger partial charge in [-0.3, -0.25) is 9.69 Å². The zero-order chi connectivity index (χ0) is 30.2. The van der Waals surface area contributed by atoms with Gasteiger partial charge in [-0.2, -0.15) is 13.2 Å². The predicted octanol–water partition coefficient (Wildman–Crippen LogP) is 6.69. The Morgan fingerprint density at radius 3 is 2.29 bits per heavy atom. The lowest BCUT2D eigenvalue weighted by Gasteiger charge is -2.24. The molecule has 0 bridgehead atoms. The van der Waals surface area contributed by atoms with E-state index in [1.165, 1.54) is 17.0 Å². The highest BCUT2D eigenvalue weighted by molar-refractivity contribution is 6.07. The van der Waals surface area contributed by atoms with Crippen LogP contribution in [0.5, 0.6) is 5.75 Å². The molecule has 0 aliphatic carbocycles. The molecule has 1 aromatic heterocycles. The number of hydrogen-bond donors (Lipinski definition) is 1. The van der Waals surface area contributed by atoms with E-state index in [4.69, 9.17) is 9.15 Å². The molecule has 2 aromatic carbocycles. The number of alkyl halides is 3. The largest absolute Gasteiger partial charge is 0.493 e. The summed E-state index contributed by atoms with van der Waals surface area (Å²) in [5.74, 6) is 0.00489. The molecular formula is C31H35F3N2O5. The lowest BCUT2D eigenvalue weighted by molar-refractivity contribution is -0.136. The van der Waals surface area contributed by atoms with Gasteiger partial charge in [-0.25, -0.2) is 9.59 Å². The standard InChI is InChI=1S/C31H35F3N2O5/c1-6-9-22-24(15-14-21-23(31(32,33)34)18-25(37)41-26(21)22)40-17-8-7-16-36-27(38)30(5,35-28(36)39)20-12-10-19(11-13-20)29(2,3)4/h10-15,18H,6-9,16-17H2,1-5H3,(H,35,39). The van der Waals surface area contributed by atoms with E-state index in [0.29, 0.717) is 48.6 Å². The van der Waals surface area contributed by atoms with Crippen molar-refractivity contribution in [3.8, 4) is 5.75 Å². The van der Waals surface area contributed by atoms with Crippen molar-refractivity contribution in [2.45, 2.75) is 77.4 Å². The second-order valence-electron chi connectivity index (χ2n) is 11.5. The van der Waals surface area contributed by atoms with E-state index in [1.54, 1.807) is 6.92 Å². The van der Waals surface area contributed by atoms with Crippen LogP contribution >= 0.6 is 0 Å². The Kier molecular flexibility index (Phi) is 8.25. The van der Waals surface area contributed by atoms with Crippen LogP contribution in [0, 0.1) is 0 Å². The van der Waals surface area contributed by atoms with Crippen molar-refractivity contribution in [2.24, 2.45) is 0 Å². The van der Waals surface area contributed by atoms with Gasteiger partial charge >= 0.3 is 17.8 Å². The number of amides is 3. The highest BCUT2D eigenvalue weighted by Gasteiger charge is 2.48. The monoisotopic (exact) mass is 572 g/mol. The molecule has 3 aromatic rings.